The Hall–Kier alpha value is -1.03. The number of hydrogen-bond donors (Lipinski definition) is 0. The van der Waals surface area contributed by atoms with Crippen LogP contribution in [-0.4, -0.2) is 34.1 Å². The molecule has 2 nitrogen and oxygen atoms in total. The van der Waals surface area contributed by atoms with Crippen molar-refractivity contribution in [1.29, 1.82) is 0 Å². The number of hydrogen-bond acceptors (Lipinski definition) is 2. The van der Waals surface area contributed by atoms with E-state index in [1.165, 1.54) is 6.07 Å². The van der Waals surface area contributed by atoms with E-state index in [1.807, 2.05) is 6.07 Å². The molecule has 0 unspecified atom stereocenters. The molecule has 1 saturated heterocycles. The van der Waals surface area contributed by atoms with E-state index < -0.39 is 0 Å². The van der Waals surface area contributed by atoms with Crippen LogP contribution in [-0.2, 0) is 4.74 Å². The van der Waals surface area contributed by atoms with Crippen LogP contribution in [0.1, 0.15) is 0 Å². The van der Waals surface area contributed by atoms with E-state index >= 15 is 0 Å². The quantitative estimate of drug-likeness (QED) is 0.597. The van der Waals surface area contributed by atoms with E-state index in [1.54, 1.807) is 6.07 Å². The van der Waals surface area contributed by atoms with Crippen LogP contribution in [0.15, 0.2) is 18.2 Å². The average molecular weight is 191 g/mol. The van der Waals surface area contributed by atoms with Crippen LogP contribution >= 0.6 is 0 Å². The maximum absolute atomic E-state index is 13.2. The number of morpholine rings is 1. The average Bonchev–Trinajstić information content (AvgIpc) is 2.23. The normalized spacial score (nSPS) is 17.1. The largest absolute Gasteiger partial charge is 0.378 e. The molecule has 1 aromatic rings. The third kappa shape index (κ3) is 1.90. The second kappa shape index (κ2) is 4.01. The van der Waals surface area contributed by atoms with Crippen LogP contribution in [0.3, 0.4) is 0 Å². The first-order chi connectivity index (χ1) is 6.77. The SMILES string of the molecule is [B]c1ccc(N2CCOCC2)cc1F. The van der Waals surface area contributed by atoms with Crippen LogP contribution in [0.4, 0.5) is 10.1 Å². The number of benzene rings is 1. The van der Waals surface area contributed by atoms with Gasteiger partial charge in [-0.1, -0.05) is 11.5 Å². The third-order valence-corrected chi connectivity index (χ3v) is 2.36. The summed E-state index contributed by atoms with van der Waals surface area (Å²) < 4.78 is 18.4. The fourth-order valence-electron chi connectivity index (χ4n) is 1.53. The van der Waals surface area contributed by atoms with Crippen LogP contribution in [0.5, 0.6) is 0 Å². The van der Waals surface area contributed by atoms with Crippen LogP contribution in [0, 0.1) is 5.82 Å². The van der Waals surface area contributed by atoms with Gasteiger partial charge in [0.2, 0.25) is 0 Å². The van der Waals surface area contributed by atoms with Crippen molar-refractivity contribution in [3.05, 3.63) is 24.0 Å². The van der Waals surface area contributed by atoms with Crippen molar-refractivity contribution in [2.45, 2.75) is 0 Å². The lowest BCUT2D eigenvalue weighted by Gasteiger charge is -2.29. The molecule has 2 radical (unpaired) electrons. The van der Waals surface area contributed by atoms with Gasteiger partial charge in [-0.05, 0) is 12.1 Å². The summed E-state index contributed by atoms with van der Waals surface area (Å²) >= 11 is 0. The van der Waals surface area contributed by atoms with Crippen LogP contribution < -0.4 is 10.4 Å². The predicted octanol–water partition coefficient (Wildman–Crippen LogP) is 0.456. The fourth-order valence-corrected chi connectivity index (χ4v) is 1.53. The van der Waals surface area contributed by atoms with Gasteiger partial charge in [0.15, 0.2) is 0 Å². The Labute approximate surface area is 84.1 Å². The summed E-state index contributed by atoms with van der Waals surface area (Å²) in [5.74, 6) is -0.353. The van der Waals surface area contributed by atoms with Crippen molar-refractivity contribution < 1.29 is 9.13 Å². The van der Waals surface area contributed by atoms with Gasteiger partial charge in [-0.25, -0.2) is 4.39 Å². The molecule has 1 aliphatic rings. The van der Waals surface area contributed by atoms with Crippen molar-refractivity contribution >= 4 is 19.0 Å². The molecule has 0 aromatic heterocycles. The number of anilines is 1. The van der Waals surface area contributed by atoms with Gasteiger partial charge in [0.1, 0.15) is 13.7 Å². The maximum Gasteiger partial charge on any atom is 0.118 e. The van der Waals surface area contributed by atoms with Crippen LogP contribution in [0.25, 0.3) is 0 Å². The first kappa shape index (κ1) is 9.53. The van der Waals surface area contributed by atoms with E-state index in [0.717, 1.165) is 18.8 Å². The molecule has 0 saturated carbocycles. The third-order valence-electron chi connectivity index (χ3n) is 2.36. The minimum Gasteiger partial charge on any atom is -0.378 e. The molecule has 0 spiro atoms. The number of ether oxygens (including phenoxy) is 1. The zero-order chi connectivity index (χ0) is 9.97. The Kier molecular flexibility index (Phi) is 2.73. The van der Waals surface area contributed by atoms with E-state index in [0.29, 0.717) is 13.2 Å². The summed E-state index contributed by atoms with van der Waals surface area (Å²) in [5, 5.41) is 0. The Morgan fingerprint density at radius 3 is 2.64 bits per heavy atom. The molecule has 0 aliphatic carbocycles. The van der Waals surface area contributed by atoms with Gasteiger partial charge in [-0.2, -0.15) is 0 Å². The minimum atomic E-state index is -0.353. The Morgan fingerprint density at radius 1 is 1.29 bits per heavy atom. The van der Waals surface area contributed by atoms with Crippen molar-refractivity contribution in [2.75, 3.05) is 31.2 Å². The van der Waals surface area contributed by atoms with Crippen molar-refractivity contribution in [3.63, 3.8) is 0 Å². The Balaban J connectivity index is 2.18. The summed E-state index contributed by atoms with van der Waals surface area (Å²) in [6.45, 7) is 3.02. The Bertz CT molecular complexity index is 326. The Morgan fingerprint density at radius 2 is 2.00 bits per heavy atom. The standard InChI is InChI=1S/C10H11BFNO/c11-9-2-1-8(7-10(9)12)13-3-5-14-6-4-13/h1-2,7H,3-6H2. The van der Waals surface area contributed by atoms with E-state index in [9.17, 15) is 4.39 Å². The molecular formula is C10H11BFNO. The van der Waals surface area contributed by atoms with Gasteiger partial charge in [0, 0.05) is 18.8 Å². The number of nitrogens with zero attached hydrogens (tertiary/aromatic N) is 1. The molecule has 2 rings (SSSR count). The van der Waals surface area contributed by atoms with Gasteiger partial charge >= 0.3 is 0 Å². The molecular weight excluding hydrogens is 180 g/mol. The molecule has 1 aromatic carbocycles. The predicted molar refractivity (Wildman–Crippen MR) is 54.8 cm³/mol. The molecule has 0 atom stereocenters. The summed E-state index contributed by atoms with van der Waals surface area (Å²) in [4.78, 5) is 2.09. The molecule has 0 bridgehead atoms. The summed E-state index contributed by atoms with van der Waals surface area (Å²) in [5.41, 5.74) is 1.07. The van der Waals surface area contributed by atoms with Crippen molar-refractivity contribution in [2.24, 2.45) is 0 Å². The lowest BCUT2D eigenvalue weighted by molar-refractivity contribution is 0.122. The monoisotopic (exact) mass is 191 g/mol. The zero-order valence-corrected chi connectivity index (χ0v) is 7.87. The second-order valence-corrected chi connectivity index (χ2v) is 3.31. The van der Waals surface area contributed by atoms with E-state index in [-0.39, 0.29) is 11.3 Å². The first-order valence-electron chi connectivity index (χ1n) is 4.65. The number of rotatable bonds is 1. The summed E-state index contributed by atoms with van der Waals surface area (Å²) in [7, 11) is 5.40. The fraction of sp³-hybridized carbons (Fsp3) is 0.400. The molecule has 14 heavy (non-hydrogen) atoms. The highest BCUT2D eigenvalue weighted by Gasteiger charge is 2.11. The molecule has 0 N–H and O–H groups in total. The number of halogens is 1. The molecule has 1 aliphatic heterocycles. The molecule has 4 heteroatoms. The van der Waals surface area contributed by atoms with Crippen molar-refractivity contribution in [3.8, 4) is 0 Å². The molecule has 1 fully saturated rings. The lowest BCUT2D eigenvalue weighted by atomic mass is 9.95. The van der Waals surface area contributed by atoms with E-state index in [2.05, 4.69) is 4.90 Å². The highest BCUT2D eigenvalue weighted by molar-refractivity contribution is 6.32. The summed E-state index contributed by atoms with van der Waals surface area (Å²) in [6, 6.07) is 4.91. The topological polar surface area (TPSA) is 12.5 Å². The highest BCUT2D eigenvalue weighted by Crippen LogP contribution is 2.15. The maximum atomic E-state index is 13.2. The first-order valence-corrected chi connectivity index (χ1v) is 4.65. The van der Waals surface area contributed by atoms with Gasteiger partial charge in [-0.15, -0.1) is 0 Å². The van der Waals surface area contributed by atoms with Gasteiger partial charge in [0.05, 0.1) is 13.2 Å². The van der Waals surface area contributed by atoms with Gasteiger partial charge in [0.25, 0.3) is 0 Å². The zero-order valence-electron chi connectivity index (χ0n) is 7.87. The van der Waals surface area contributed by atoms with Crippen LogP contribution in [0.2, 0.25) is 0 Å². The van der Waals surface area contributed by atoms with Crippen molar-refractivity contribution in [1.82, 2.24) is 0 Å². The minimum absolute atomic E-state index is 0.196. The summed E-state index contributed by atoms with van der Waals surface area (Å²) in [6.07, 6.45) is 0. The van der Waals surface area contributed by atoms with Gasteiger partial charge in [-0.3, -0.25) is 0 Å². The van der Waals surface area contributed by atoms with E-state index in [4.69, 9.17) is 12.6 Å². The highest BCUT2D eigenvalue weighted by atomic mass is 19.1. The van der Waals surface area contributed by atoms with Gasteiger partial charge < -0.3 is 9.64 Å². The smallest absolute Gasteiger partial charge is 0.118 e. The molecule has 1 heterocycles. The molecule has 0 amide bonds. The molecule has 72 valence electrons. The second-order valence-electron chi connectivity index (χ2n) is 3.31. The lowest BCUT2D eigenvalue weighted by Crippen LogP contribution is -2.36.